The molecule has 2 aliphatic heterocycles. The Morgan fingerprint density at radius 2 is 1.94 bits per heavy atom. The van der Waals surface area contributed by atoms with Crippen LogP contribution < -0.4 is 0 Å². The van der Waals surface area contributed by atoms with Crippen LogP contribution in [0.2, 0.25) is 0 Å². The Labute approximate surface area is 111 Å². The van der Waals surface area contributed by atoms with Crippen molar-refractivity contribution in [2.45, 2.75) is 27.2 Å². The average Bonchev–Trinajstić information content (AvgIpc) is 2.27. The minimum Gasteiger partial charge on any atom is -0.324 e. The van der Waals surface area contributed by atoms with Crippen molar-refractivity contribution >= 4 is 6.03 Å². The lowest BCUT2D eigenvalue weighted by Crippen LogP contribution is -2.57. The minimum atomic E-state index is 0.194. The van der Waals surface area contributed by atoms with Gasteiger partial charge in [0, 0.05) is 26.2 Å². The minimum absolute atomic E-state index is 0.194. The molecule has 18 heavy (non-hydrogen) atoms. The fourth-order valence-electron chi connectivity index (χ4n) is 3.08. The number of likely N-dealkylation sites (tertiary alicyclic amines) is 2. The van der Waals surface area contributed by atoms with Gasteiger partial charge in [-0.25, -0.2) is 4.79 Å². The molecule has 0 bridgehead atoms. The molecule has 0 radical (unpaired) electrons. The molecule has 3 heteroatoms. The van der Waals surface area contributed by atoms with Crippen molar-refractivity contribution in [2.75, 3.05) is 26.2 Å². The van der Waals surface area contributed by atoms with Crippen LogP contribution in [0.25, 0.3) is 0 Å². The summed E-state index contributed by atoms with van der Waals surface area (Å²) < 4.78 is 0. The normalized spacial score (nSPS) is 29.1. The number of carbonyl (C=O) groups excluding carboxylic acids is 1. The van der Waals surface area contributed by atoms with Crippen molar-refractivity contribution < 1.29 is 4.79 Å². The van der Waals surface area contributed by atoms with Crippen molar-refractivity contribution in [1.29, 1.82) is 0 Å². The average molecular weight is 248 g/mol. The van der Waals surface area contributed by atoms with Gasteiger partial charge in [0.1, 0.15) is 0 Å². The standard InChI is InChI=1S/C15H24N2O/c1-5-13-8-17(9-13)15(18)16-7-6-12(4)14(10-16)11(2)3/h1,11-14H,6-10H2,2-4H3/t12-,14-/m1/s1. The van der Waals surface area contributed by atoms with Gasteiger partial charge in [0.2, 0.25) is 0 Å². The molecular formula is C15H24N2O. The molecule has 0 saturated carbocycles. The van der Waals surface area contributed by atoms with Crippen LogP contribution in [0.15, 0.2) is 0 Å². The zero-order valence-electron chi connectivity index (χ0n) is 11.7. The number of hydrogen-bond acceptors (Lipinski definition) is 1. The van der Waals surface area contributed by atoms with Gasteiger partial charge in [0.15, 0.2) is 0 Å². The molecule has 0 aromatic rings. The van der Waals surface area contributed by atoms with E-state index in [1.807, 2.05) is 9.80 Å². The summed E-state index contributed by atoms with van der Waals surface area (Å²) in [6.45, 7) is 10.1. The van der Waals surface area contributed by atoms with Crippen LogP contribution in [0.5, 0.6) is 0 Å². The molecule has 0 spiro atoms. The molecule has 2 heterocycles. The number of hydrogen-bond donors (Lipinski definition) is 0. The van der Waals surface area contributed by atoms with Crippen LogP contribution in [0, 0.1) is 36.0 Å². The highest BCUT2D eigenvalue weighted by atomic mass is 16.2. The first-order chi connectivity index (χ1) is 8.52. The maximum absolute atomic E-state index is 12.3. The van der Waals surface area contributed by atoms with Gasteiger partial charge in [-0.05, 0) is 24.2 Å². The van der Waals surface area contributed by atoms with Gasteiger partial charge in [-0.3, -0.25) is 0 Å². The SMILES string of the molecule is C#CC1CN(C(=O)N2CC[C@@H](C)[C@@H](C(C)C)C2)C1. The Balaban J connectivity index is 1.90. The Bertz CT molecular complexity index is 352. The molecule has 100 valence electrons. The van der Waals surface area contributed by atoms with Crippen LogP contribution in [0.3, 0.4) is 0 Å². The lowest BCUT2D eigenvalue weighted by atomic mass is 9.80. The van der Waals surface area contributed by atoms with E-state index in [0.29, 0.717) is 11.8 Å². The molecule has 2 rings (SSSR count). The van der Waals surface area contributed by atoms with Crippen molar-refractivity contribution in [3.63, 3.8) is 0 Å². The first-order valence-electron chi connectivity index (χ1n) is 7.03. The van der Waals surface area contributed by atoms with Crippen molar-refractivity contribution in [3.8, 4) is 12.3 Å². The summed E-state index contributed by atoms with van der Waals surface area (Å²) in [7, 11) is 0. The lowest BCUT2D eigenvalue weighted by molar-refractivity contribution is 0.0691. The second-order valence-corrected chi connectivity index (χ2v) is 6.17. The predicted octanol–water partition coefficient (Wildman–Crippen LogP) is 2.29. The Morgan fingerprint density at radius 1 is 1.28 bits per heavy atom. The largest absolute Gasteiger partial charge is 0.324 e. The van der Waals surface area contributed by atoms with E-state index in [1.165, 1.54) is 0 Å². The summed E-state index contributed by atoms with van der Waals surface area (Å²) in [5, 5.41) is 0. The van der Waals surface area contributed by atoms with Crippen LogP contribution in [-0.4, -0.2) is 42.0 Å². The molecule has 0 aromatic heterocycles. The molecule has 3 nitrogen and oxygen atoms in total. The maximum Gasteiger partial charge on any atom is 0.320 e. The van der Waals surface area contributed by atoms with Gasteiger partial charge in [0.05, 0.1) is 5.92 Å². The van der Waals surface area contributed by atoms with E-state index in [-0.39, 0.29) is 11.9 Å². The lowest BCUT2D eigenvalue weighted by Gasteiger charge is -2.44. The number of urea groups is 1. The molecule has 0 aromatic carbocycles. The van der Waals surface area contributed by atoms with Crippen LogP contribution in [0.4, 0.5) is 4.79 Å². The quantitative estimate of drug-likeness (QED) is 0.653. The van der Waals surface area contributed by atoms with Crippen LogP contribution in [-0.2, 0) is 0 Å². The van der Waals surface area contributed by atoms with E-state index in [4.69, 9.17) is 6.42 Å². The van der Waals surface area contributed by atoms with E-state index < -0.39 is 0 Å². The monoisotopic (exact) mass is 248 g/mol. The summed E-state index contributed by atoms with van der Waals surface area (Å²) in [5.74, 6) is 4.99. The summed E-state index contributed by atoms with van der Waals surface area (Å²) in [4.78, 5) is 16.2. The van der Waals surface area contributed by atoms with Gasteiger partial charge in [-0.1, -0.05) is 26.7 Å². The van der Waals surface area contributed by atoms with Crippen molar-refractivity contribution in [1.82, 2.24) is 9.80 Å². The van der Waals surface area contributed by atoms with Crippen LogP contribution in [0.1, 0.15) is 27.2 Å². The summed E-state index contributed by atoms with van der Waals surface area (Å²) in [6.07, 6.45) is 6.48. The first kappa shape index (κ1) is 13.3. The molecular weight excluding hydrogens is 224 g/mol. The second-order valence-electron chi connectivity index (χ2n) is 6.17. The topological polar surface area (TPSA) is 23.6 Å². The summed E-state index contributed by atoms with van der Waals surface area (Å²) in [5.41, 5.74) is 0. The molecule has 2 fully saturated rings. The van der Waals surface area contributed by atoms with E-state index in [1.54, 1.807) is 0 Å². The first-order valence-corrected chi connectivity index (χ1v) is 7.03. The van der Waals surface area contributed by atoms with E-state index in [0.717, 1.165) is 38.5 Å². The highest BCUT2D eigenvalue weighted by Crippen LogP contribution is 2.30. The summed E-state index contributed by atoms with van der Waals surface area (Å²) in [6, 6.07) is 0.194. The van der Waals surface area contributed by atoms with Gasteiger partial charge in [-0.15, -0.1) is 6.42 Å². The molecule has 0 unspecified atom stereocenters. The predicted molar refractivity (Wildman–Crippen MR) is 73.0 cm³/mol. The number of piperidine rings is 1. The molecule has 2 saturated heterocycles. The molecule has 0 aliphatic carbocycles. The number of nitrogens with zero attached hydrogens (tertiary/aromatic N) is 2. The molecule has 0 N–H and O–H groups in total. The van der Waals surface area contributed by atoms with Gasteiger partial charge >= 0.3 is 6.03 Å². The third-order valence-electron chi connectivity index (χ3n) is 4.53. The zero-order valence-corrected chi connectivity index (χ0v) is 11.7. The Hall–Kier alpha value is -1.17. The zero-order chi connectivity index (χ0) is 13.3. The van der Waals surface area contributed by atoms with Crippen molar-refractivity contribution in [2.24, 2.45) is 23.7 Å². The fourth-order valence-corrected chi connectivity index (χ4v) is 3.08. The molecule has 2 atom stereocenters. The number of rotatable bonds is 1. The Kier molecular flexibility index (Phi) is 3.85. The Morgan fingerprint density at radius 3 is 2.50 bits per heavy atom. The maximum atomic E-state index is 12.3. The van der Waals surface area contributed by atoms with Crippen molar-refractivity contribution in [3.05, 3.63) is 0 Å². The van der Waals surface area contributed by atoms with Gasteiger partial charge in [-0.2, -0.15) is 0 Å². The highest BCUT2D eigenvalue weighted by Gasteiger charge is 2.36. The van der Waals surface area contributed by atoms with E-state index in [2.05, 4.69) is 26.7 Å². The summed E-state index contributed by atoms with van der Waals surface area (Å²) >= 11 is 0. The van der Waals surface area contributed by atoms with E-state index in [9.17, 15) is 4.79 Å². The third kappa shape index (κ3) is 2.48. The van der Waals surface area contributed by atoms with Gasteiger partial charge < -0.3 is 9.80 Å². The van der Waals surface area contributed by atoms with Gasteiger partial charge in [0.25, 0.3) is 0 Å². The highest BCUT2D eigenvalue weighted by molar-refractivity contribution is 5.75. The van der Waals surface area contributed by atoms with E-state index >= 15 is 0 Å². The fraction of sp³-hybridized carbons (Fsp3) is 0.800. The molecule has 2 aliphatic rings. The molecule has 2 amide bonds. The second kappa shape index (κ2) is 5.22. The smallest absolute Gasteiger partial charge is 0.320 e. The number of terminal acetylenes is 1. The third-order valence-corrected chi connectivity index (χ3v) is 4.53. The van der Waals surface area contributed by atoms with Crippen LogP contribution >= 0.6 is 0 Å². The number of amides is 2. The number of carbonyl (C=O) groups is 1.